The van der Waals surface area contributed by atoms with Crippen LogP contribution in [0, 0.1) is 5.92 Å². The lowest BCUT2D eigenvalue weighted by molar-refractivity contribution is 0.382. The summed E-state index contributed by atoms with van der Waals surface area (Å²) in [6, 6.07) is 0. The second kappa shape index (κ2) is 5.82. The summed E-state index contributed by atoms with van der Waals surface area (Å²) in [5, 5.41) is 0. The zero-order chi connectivity index (χ0) is 12.1. The van der Waals surface area contributed by atoms with Crippen LogP contribution in [0.25, 0.3) is 0 Å². The third kappa shape index (κ3) is 3.06. The Bertz CT molecular complexity index is 333. The Kier molecular flexibility index (Phi) is 4.14. The summed E-state index contributed by atoms with van der Waals surface area (Å²) in [7, 11) is 1.62. The van der Waals surface area contributed by atoms with Crippen molar-refractivity contribution in [1.82, 2.24) is 9.97 Å². The summed E-state index contributed by atoms with van der Waals surface area (Å²) in [4.78, 5) is 10.8. The predicted octanol–water partition coefficient (Wildman–Crippen LogP) is 1.05. The normalized spacial score (nSPS) is 17.2. The molecule has 0 aromatic carbocycles. The van der Waals surface area contributed by atoms with Crippen molar-refractivity contribution in [1.29, 1.82) is 0 Å². The second-order valence-electron chi connectivity index (χ2n) is 4.43. The summed E-state index contributed by atoms with van der Waals surface area (Å²) in [5.74, 6) is 2.28. The summed E-state index contributed by atoms with van der Waals surface area (Å²) in [5.41, 5.74) is 5.58. The van der Waals surface area contributed by atoms with Gasteiger partial charge in [0.25, 0.3) is 0 Å². The SMILES string of the molecule is COc1cnc(N2CCC(CCN)CC2)nc1. The highest BCUT2D eigenvalue weighted by Crippen LogP contribution is 2.22. The molecule has 94 valence electrons. The summed E-state index contributed by atoms with van der Waals surface area (Å²) >= 11 is 0. The van der Waals surface area contributed by atoms with E-state index in [4.69, 9.17) is 10.5 Å². The quantitative estimate of drug-likeness (QED) is 0.846. The van der Waals surface area contributed by atoms with Gasteiger partial charge >= 0.3 is 0 Å². The van der Waals surface area contributed by atoms with Gasteiger partial charge in [0.15, 0.2) is 5.75 Å². The van der Waals surface area contributed by atoms with Crippen LogP contribution < -0.4 is 15.4 Å². The Morgan fingerprint density at radius 1 is 1.35 bits per heavy atom. The molecular weight excluding hydrogens is 216 g/mol. The fourth-order valence-corrected chi connectivity index (χ4v) is 2.24. The van der Waals surface area contributed by atoms with E-state index >= 15 is 0 Å². The molecule has 0 unspecified atom stereocenters. The Morgan fingerprint density at radius 2 is 2.00 bits per heavy atom. The summed E-state index contributed by atoms with van der Waals surface area (Å²) in [6.45, 7) is 2.84. The first-order chi connectivity index (χ1) is 8.33. The zero-order valence-electron chi connectivity index (χ0n) is 10.3. The van der Waals surface area contributed by atoms with Gasteiger partial charge in [-0.3, -0.25) is 0 Å². The number of methoxy groups -OCH3 is 1. The number of ether oxygens (including phenoxy) is 1. The molecule has 2 heterocycles. The molecule has 0 bridgehead atoms. The molecule has 17 heavy (non-hydrogen) atoms. The maximum Gasteiger partial charge on any atom is 0.225 e. The lowest BCUT2D eigenvalue weighted by Crippen LogP contribution is -2.35. The van der Waals surface area contributed by atoms with Crippen LogP contribution in [-0.4, -0.2) is 36.7 Å². The Balaban J connectivity index is 1.91. The largest absolute Gasteiger partial charge is 0.494 e. The maximum absolute atomic E-state index is 5.58. The van der Waals surface area contributed by atoms with Crippen molar-refractivity contribution in [3.8, 4) is 5.75 Å². The topological polar surface area (TPSA) is 64.3 Å². The fourth-order valence-electron chi connectivity index (χ4n) is 2.24. The molecule has 1 aromatic heterocycles. The minimum atomic E-state index is 0.701. The number of piperidine rings is 1. The van der Waals surface area contributed by atoms with E-state index in [-0.39, 0.29) is 0 Å². The number of hydrogen-bond donors (Lipinski definition) is 1. The molecule has 0 saturated carbocycles. The number of nitrogens with zero attached hydrogens (tertiary/aromatic N) is 3. The third-order valence-corrected chi connectivity index (χ3v) is 3.32. The van der Waals surface area contributed by atoms with E-state index in [1.807, 2.05) is 0 Å². The molecule has 0 radical (unpaired) electrons. The van der Waals surface area contributed by atoms with Crippen LogP contribution in [-0.2, 0) is 0 Å². The monoisotopic (exact) mass is 236 g/mol. The first-order valence-corrected chi connectivity index (χ1v) is 6.14. The van der Waals surface area contributed by atoms with Gasteiger partial charge in [-0.15, -0.1) is 0 Å². The van der Waals surface area contributed by atoms with E-state index in [0.717, 1.165) is 37.9 Å². The number of hydrogen-bond acceptors (Lipinski definition) is 5. The maximum atomic E-state index is 5.58. The number of nitrogens with two attached hydrogens (primary N) is 1. The highest BCUT2D eigenvalue weighted by molar-refractivity contribution is 5.31. The molecule has 0 spiro atoms. The number of aromatic nitrogens is 2. The van der Waals surface area contributed by atoms with Crippen molar-refractivity contribution in [3.63, 3.8) is 0 Å². The molecule has 5 nitrogen and oxygen atoms in total. The molecule has 2 rings (SSSR count). The highest BCUT2D eigenvalue weighted by atomic mass is 16.5. The van der Waals surface area contributed by atoms with Gasteiger partial charge < -0.3 is 15.4 Å². The molecule has 5 heteroatoms. The molecule has 0 atom stereocenters. The van der Waals surface area contributed by atoms with E-state index in [0.29, 0.717) is 5.75 Å². The Labute approximate surface area is 102 Å². The van der Waals surface area contributed by atoms with Gasteiger partial charge in [0.1, 0.15) is 0 Å². The minimum absolute atomic E-state index is 0.701. The van der Waals surface area contributed by atoms with Crippen molar-refractivity contribution in [2.45, 2.75) is 19.3 Å². The average molecular weight is 236 g/mol. The van der Waals surface area contributed by atoms with Crippen molar-refractivity contribution in [2.75, 3.05) is 31.6 Å². The molecular formula is C12H20N4O. The van der Waals surface area contributed by atoms with Crippen LogP contribution in [0.2, 0.25) is 0 Å². The smallest absolute Gasteiger partial charge is 0.225 e. The predicted molar refractivity (Wildman–Crippen MR) is 67.2 cm³/mol. The first kappa shape index (κ1) is 12.1. The van der Waals surface area contributed by atoms with Gasteiger partial charge in [-0.25, -0.2) is 9.97 Å². The third-order valence-electron chi connectivity index (χ3n) is 3.32. The summed E-state index contributed by atoms with van der Waals surface area (Å²) < 4.78 is 5.05. The van der Waals surface area contributed by atoms with Crippen LogP contribution in [0.4, 0.5) is 5.95 Å². The van der Waals surface area contributed by atoms with Crippen LogP contribution in [0.1, 0.15) is 19.3 Å². The number of rotatable bonds is 4. The molecule has 2 N–H and O–H groups in total. The second-order valence-corrected chi connectivity index (χ2v) is 4.43. The molecule has 1 aliphatic heterocycles. The van der Waals surface area contributed by atoms with E-state index in [9.17, 15) is 0 Å². The van der Waals surface area contributed by atoms with E-state index in [2.05, 4.69) is 14.9 Å². The van der Waals surface area contributed by atoms with E-state index in [1.54, 1.807) is 19.5 Å². The van der Waals surface area contributed by atoms with Gasteiger partial charge in [0.2, 0.25) is 5.95 Å². The van der Waals surface area contributed by atoms with Crippen LogP contribution >= 0.6 is 0 Å². The van der Waals surface area contributed by atoms with E-state index < -0.39 is 0 Å². The van der Waals surface area contributed by atoms with Gasteiger partial charge in [-0.1, -0.05) is 0 Å². The van der Waals surface area contributed by atoms with Gasteiger partial charge in [0, 0.05) is 13.1 Å². The molecule has 0 aliphatic carbocycles. The van der Waals surface area contributed by atoms with Crippen LogP contribution in [0.5, 0.6) is 5.75 Å². The molecule has 1 fully saturated rings. The van der Waals surface area contributed by atoms with Gasteiger partial charge in [-0.2, -0.15) is 0 Å². The summed E-state index contributed by atoms with van der Waals surface area (Å²) in [6.07, 6.45) is 6.94. The number of anilines is 1. The molecule has 1 aromatic rings. The fraction of sp³-hybridized carbons (Fsp3) is 0.667. The Hall–Kier alpha value is -1.36. The van der Waals surface area contributed by atoms with Crippen molar-refractivity contribution < 1.29 is 4.74 Å². The van der Waals surface area contributed by atoms with Crippen LogP contribution in [0.3, 0.4) is 0 Å². The van der Waals surface area contributed by atoms with Gasteiger partial charge in [-0.05, 0) is 31.7 Å². The van der Waals surface area contributed by atoms with Crippen LogP contribution in [0.15, 0.2) is 12.4 Å². The lowest BCUT2D eigenvalue weighted by atomic mass is 9.94. The lowest BCUT2D eigenvalue weighted by Gasteiger charge is -2.31. The standard InChI is InChI=1S/C12H20N4O/c1-17-11-8-14-12(15-9-11)16-6-3-10(2-5-13)4-7-16/h8-10H,2-7,13H2,1H3. The Morgan fingerprint density at radius 3 is 2.53 bits per heavy atom. The molecule has 1 saturated heterocycles. The van der Waals surface area contributed by atoms with Crippen molar-refractivity contribution in [3.05, 3.63) is 12.4 Å². The zero-order valence-corrected chi connectivity index (χ0v) is 10.3. The van der Waals surface area contributed by atoms with Crippen molar-refractivity contribution >= 4 is 5.95 Å². The molecule has 0 amide bonds. The van der Waals surface area contributed by atoms with Gasteiger partial charge in [0.05, 0.1) is 19.5 Å². The first-order valence-electron chi connectivity index (χ1n) is 6.14. The average Bonchev–Trinajstić information content (AvgIpc) is 2.40. The van der Waals surface area contributed by atoms with Crippen molar-refractivity contribution in [2.24, 2.45) is 11.7 Å². The highest BCUT2D eigenvalue weighted by Gasteiger charge is 2.20. The van der Waals surface area contributed by atoms with E-state index in [1.165, 1.54) is 12.8 Å². The minimum Gasteiger partial charge on any atom is -0.494 e. The molecule has 1 aliphatic rings.